The number of carbonyl (C=O) groups excluding carboxylic acids is 2. The summed E-state index contributed by atoms with van der Waals surface area (Å²) in [6, 6.07) is 4.52. The molecule has 2 N–H and O–H groups in total. The van der Waals surface area contributed by atoms with Gasteiger partial charge in [0.25, 0.3) is 11.8 Å². The van der Waals surface area contributed by atoms with Gasteiger partial charge in [0.05, 0.1) is 5.02 Å². The number of nitrogens with zero attached hydrogens (tertiary/aromatic N) is 2. The van der Waals surface area contributed by atoms with Crippen molar-refractivity contribution in [1.82, 2.24) is 20.4 Å². The Labute approximate surface area is 138 Å². The summed E-state index contributed by atoms with van der Waals surface area (Å²) in [6.45, 7) is 0. The molecule has 2 aromatic heterocycles. The number of pyridine rings is 1. The Bertz CT molecular complexity index is 717. The second-order valence-electron chi connectivity index (χ2n) is 4.03. The Morgan fingerprint density at radius 3 is 2.52 bits per heavy atom. The standard InChI is InChI=1S/C12H9BrCl2N4O2/c1-19-5-6(13)4-8(19)11(20)17-18-12(21)10-7(14)2-3-9(15)16-10/h2-5H,1H3,(H,17,20)(H,18,21). The van der Waals surface area contributed by atoms with Crippen LogP contribution in [0.25, 0.3) is 0 Å². The quantitative estimate of drug-likeness (QED) is 0.610. The molecular weight excluding hydrogens is 383 g/mol. The molecule has 0 unspecified atom stereocenters. The number of hydrazine groups is 1. The van der Waals surface area contributed by atoms with E-state index in [1.54, 1.807) is 23.9 Å². The average Bonchev–Trinajstić information content (AvgIpc) is 2.77. The number of hydrogen-bond donors (Lipinski definition) is 2. The highest BCUT2D eigenvalue weighted by molar-refractivity contribution is 9.10. The summed E-state index contributed by atoms with van der Waals surface area (Å²) in [5.74, 6) is -1.14. The molecule has 0 radical (unpaired) electrons. The molecule has 0 aliphatic carbocycles. The third kappa shape index (κ3) is 3.75. The zero-order valence-electron chi connectivity index (χ0n) is 10.7. The van der Waals surface area contributed by atoms with Crippen LogP contribution in [0, 0.1) is 0 Å². The van der Waals surface area contributed by atoms with Crippen LogP contribution in [0.5, 0.6) is 0 Å². The first-order valence-corrected chi connectivity index (χ1v) is 7.18. The van der Waals surface area contributed by atoms with Crippen LogP contribution in [0.4, 0.5) is 0 Å². The van der Waals surface area contributed by atoms with Gasteiger partial charge in [-0.1, -0.05) is 23.2 Å². The van der Waals surface area contributed by atoms with E-state index in [1.165, 1.54) is 12.1 Å². The number of rotatable bonds is 2. The van der Waals surface area contributed by atoms with E-state index in [0.717, 1.165) is 4.47 Å². The van der Waals surface area contributed by atoms with E-state index in [9.17, 15) is 9.59 Å². The van der Waals surface area contributed by atoms with E-state index in [0.29, 0.717) is 5.69 Å². The number of amides is 2. The fourth-order valence-corrected chi connectivity index (χ4v) is 2.43. The molecule has 0 aliphatic rings. The van der Waals surface area contributed by atoms with Crippen LogP contribution in [0.3, 0.4) is 0 Å². The molecule has 0 saturated heterocycles. The van der Waals surface area contributed by atoms with Gasteiger partial charge in [0.1, 0.15) is 16.5 Å². The number of nitrogens with one attached hydrogen (secondary N) is 2. The van der Waals surface area contributed by atoms with E-state index in [2.05, 4.69) is 31.8 Å². The summed E-state index contributed by atoms with van der Waals surface area (Å²) in [5.41, 5.74) is 4.80. The molecule has 0 bridgehead atoms. The second-order valence-corrected chi connectivity index (χ2v) is 5.74. The van der Waals surface area contributed by atoms with Crippen molar-refractivity contribution < 1.29 is 9.59 Å². The van der Waals surface area contributed by atoms with Crippen molar-refractivity contribution in [3.63, 3.8) is 0 Å². The van der Waals surface area contributed by atoms with Gasteiger partial charge < -0.3 is 4.57 Å². The van der Waals surface area contributed by atoms with Gasteiger partial charge in [-0.15, -0.1) is 0 Å². The molecule has 6 nitrogen and oxygen atoms in total. The van der Waals surface area contributed by atoms with Crippen LogP contribution in [-0.4, -0.2) is 21.4 Å². The highest BCUT2D eigenvalue weighted by Crippen LogP contribution is 2.16. The van der Waals surface area contributed by atoms with E-state index in [1.807, 2.05) is 0 Å². The maximum absolute atomic E-state index is 11.9. The monoisotopic (exact) mass is 390 g/mol. The molecule has 0 atom stereocenters. The Kier molecular flexibility index (Phi) is 4.87. The van der Waals surface area contributed by atoms with Crippen molar-refractivity contribution in [1.29, 1.82) is 0 Å². The Balaban J connectivity index is 2.06. The fraction of sp³-hybridized carbons (Fsp3) is 0.0833. The summed E-state index contributed by atoms with van der Waals surface area (Å²) < 4.78 is 2.36. The fourth-order valence-electron chi connectivity index (χ4n) is 1.56. The summed E-state index contributed by atoms with van der Waals surface area (Å²) in [7, 11) is 1.71. The SMILES string of the molecule is Cn1cc(Br)cc1C(=O)NNC(=O)c1nc(Cl)ccc1Cl. The van der Waals surface area contributed by atoms with Gasteiger partial charge in [0, 0.05) is 17.7 Å². The van der Waals surface area contributed by atoms with Crippen LogP contribution >= 0.6 is 39.1 Å². The zero-order chi connectivity index (χ0) is 15.6. The molecule has 0 aromatic carbocycles. The van der Waals surface area contributed by atoms with Crippen LogP contribution in [0.1, 0.15) is 21.0 Å². The minimum Gasteiger partial charge on any atom is -0.345 e. The first-order chi connectivity index (χ1) is 9.88. The molecular formula is C12H9BrCl2N4O2. The molecule has 2 heterocycles. The first-order valence-electron chi connectivity index (χ1n) is 5.63. The molecule has 9 heteroatoms. The topological polar surface area (TPSA) is 76.0 Å². The van der Waals surface area contributed by atoms with Gasteiger partial charge in [-0.25, -0.2) is 4.98 Å². The first kappa shape index (κ1) is 15.8. The Morgan fingerprint density at radius 2 is 1.90 bits per heavy atom. The summed E-state index contributed by atoms with van der Waals surface area (Å²) in [6.07, 6.45) is 1.71. The van der Waals surface area contributed by atoms with Crippen LogP contribution in [0.15, 0.2) is 28.9 Å². The van der Waals surface area contributed by atoms with Crippen LogP contribution < -0.4 is 10.9 Å². The molecule has 2 rings (SSSR count). The number of aryl methyl sites for hydroxylation is 1. The Hall–Kier alpha value is -1.57. The highest BCUT2D eigenvalue weighted by Gasteiger charge is 2.16. The number of carbonyl (C=O) groups is 2. The predicted octanol–water partition coefficient (Wildman–Crippen LogP) is 2.56. The van der Waals surface area contributed by atoms with Gasteiger partial charge in [0.15, 0.2) is 0 Å². The minimum atomic E-state index is -0.663. The summed E-state index contributed by atoms with van der Waals surface area (Å²) in [5, 5.41) is 0.259. The van der Waals surface area contributed by atoms with Gasteiger partial charge in [-0.2, -0.15) is 0 Å². The highest BCUT2D eigenvalue weighted by atomic mass is 79.9. The van der Waals surface area contributed by atoms with Crippen molar-refractivity contribution in [2.24, 2.45) is 7.05 Å². The summed E-state index contributed by atoms with van der Waals surface area (Å²) in [4.78, 5) is 27.6. The lowest BCUT2D eigenvalue weighted by molar-refractivity contribution is 0.0839. The molecule has 110 valence electrons. The van der Waals surface area contributed by atoms with Crippen molar-refractivity contribution >= 4 is 50.9 Å². The summed E-state index contributed by atoms with van der Waals surface area (Å²) >= 11 is 14.8. The minimum absolute atomic E-state index is 0.0717. The lowest BCUT2D eigenvalue weighted by Gasteiger charge is -2.08. The lowest BCUT2D eigenvalue weighted by Crippen LogP contribution is -2.42. The molecule has 0 saturated carbocycles. The zero-order valence-corrected chi connectivity index (χ0v) is 13.8. The van der Waals surface area contributed by atoms with E-state index in [4.69, 9.17) is 23.2 Å². The van der Waals surface area contributed by atoms with Gasteiger partial charge in [0.2, 0.25) is 0 Å². The number of aromatic nitrogens is 2. The van der Waals surface area contributed by atoms with Crippen molar-refractivity contribution in [3.8, 4) is 0 Å². The third-order valence-electron chi connectivity index (χ3n) is 2.52. The molecule has 0 fully saturated rings. The van der Waals surface area contributed by atoms with Gasteiger partial charge in [-0.05, 0) is 34.1 Å². The largest absolute Gasteiger partial charge is 0.345 e. The molecule has 0 aliphatic heterocycles. The number of hydrogen-bond acceptors (Lipinski definition) is 3. The normalized spacial score (nSPS) is 10.3. The third-order valence-corrected chi connectivity index (χ3v) is 3.47. The van der Waals surface area contributed by atoms with Crippen LogP contribution in [0.2, 0.25) is 10.2 Å². The van der Waals surface area contributed by atoms with E-state index < -0.39 is 11.8 Å². The molecule has 0 spiro atoms. The number of halogens is 3. The van der Waals surface area contributed by atoms with Crippen molar-refractivity contribution in [2.75, 3.05) is 0 Å². The maximum atomic E-state index is 11.9. The van der Waals surface area contributed by atoms with Gasteiger partial charge in [-0.3, -0.25) is 20.4 Å². The predicted molar refractivity (Wildman–Crippen MR) is 82.3 cm³/mol. The van der Waals surface area contributed by atoms with Crippen LogP contribution in [-0.2, 0) is 7.05 Å². The van der Waals surface area contributed by atoms with E-state index >= 15 is 0 Å². The van der Waals surface area contributed by atoms with Crippen molar-refractivity contribution in [3.05, 3.63) is 50.4 Å². The van der Waals surface area contributed by atoms with Gasteiger partial charge >= 0.3 is 0 Å². The molecule has 2 aromatic rings. The van der Waals surface area contributed by atoms with Crippen molar-refractivity contribution in [2.45, 2.75) is 0 Å². The Morgan fingerprint density at radius 1 is 1.24 bits per heavy atom. The second kappa shape index (κ2) is 6.46. The van der Waals surface area contributed by atoms with E-state index in [-0.39, 0.29) is 15.9 Å². The smallest absolute Gasteiger partial charge is 0.289 e. The average molecular weight is 392 g/mol. The maximum Gasteiger partial charge on any atom is 0.289 e. The molecule has 21 heavy (non-hydrogen) atoms. The molecule has 2 amide bonds. The lowest BCUT2D eigenvalue weighted by atomic mass is 10.3.